The van der Waals surface area contributed by atoms with Crippen LogP contribution in [-0.2, 0) is 4.79 Å². The first-order chi connectivity index (χ1) is 19.4. The van der Waals surface area contributed by atoms with Crippen LogP contribution in [0.2, 0.25) is 0 Å². The van der Waals surface area contributed by atoms with E-state index in [2.05, 4.69) is 23.6 Å². The van der Waals surface area contributed by atoms with Gasteiger partial charge in [0.2, 0.25) is 5.91 Å². The number of hydrogen-bond acceptors (Lipinski definition) is 4. The van der Waals surface area contributed by atoms with Gasteiger partial charge in [-0.2, -0.15) is 5.10 Å². The molecule has 1 aromatic heterocycles. The van der Waals surface area contributed by atoms with Crippen molar-refractivity contribution in [2.24, 2.45) is 0 Å². The van der Waals surface area contributed by atoms with Crippen LogP contribution in [0.1, 0.15) is 37.8 Å². The zero-order valence-corrected chi connectivity index (χ0v) is 23.6. The number of aryl methyl sites for hydroxylation is 2. The van der Waals surface area contributed by atoms with Gasteiger partial charge in [-0.05, 0) is 63.1 Å². The maximum absolute atomic E-state index is 13.3. The molecule has 0 bridgehead atoms. The van der Waals surface area contributed by atoms with E-state index in [9.17, 15) is 9.59 Å². The minimum absolute atomic E-state index is 0.0956. The highest BCUT2D eigenvalue weighted by Crippen LogP contribution is 2.27. The first kappa shape index (κ1) is 28.4. The molecule has 0 radical (unpaired) electrons. The zero-order chi connectivity index (χ0) is 28.5. The molecule has 3 amide bonds. The van der Waals surface area contributed by atoms with Crippen molar-refractivity contribution in [3.63, 3.8) is 0 Å². The third kappa shape index (κ3) is 7.28. The highest BCUT2D eigenvalue weighted by atomic mass is 16.5. The molecular formula is C32H37N5O3. The smallest absolute Gasteiger partial charge is 0.322 e. The SMILES string of the molecule is CCCCN(CC(=O)Nc1cc(-c2ccccc2)nn1-c1ccc(C)cc1C)C(=O)Nc1ccc(OCC)cc1. The number of nitrogens with zero attached hydrogens (tertiary/aromatic N) is 3. The molecule has 8 heteroatoms. The van der Waals surface area contributed by atoms with Crippen molar-refractivity contribution < 1.29 is 14.3 Å². The summed E-state index contributed by atoms with van der Waals surface area (Å²) in [5.41, 5.74) is 5.38. The summed E-state index contributed by atoms with van der Waals surface area (Å²) < 4.78 is 7.23. The molecule has 0 saturated heterocycles. The van der Waals surface area contributed by atoms with Crippen molar-refractivity contribution >= 4 is 23.4 Å². The van der Waals surface area contributed by atoms with Crippen molar-refractivity contribution in [2.45, 2.75) is 40.5 Å². The van der Waals surface area contributed by atoms with Gasteiger partial charge in [0.05, 0.1) is 18.0 Å². The number of ether oxygens (including phenoxy) is 1. The number of anilines is 2. The standard InChI is InChI=1S/C32H37N5O3/c1-5-7-19-36(32(39)33-26-14-16-27(17-15-26)40-6-2)22-31(38)34-30-21-28(25-11-9-8-10-12-25)35-37(30)29-18-13-23(3)20-24(29)4/h8-18,20-21H,5-7,19,22H2,1-4H3,(H,33,39)(H,34,38). The quantitative estimate of drug-likeness (QED) is 0.219. The van der Waals surface area contributed by atoms with E-state index >= 15 is 0 Å². The Hall–Kier alpha value is -4.59. The number of amides is 3. The summed E-state index contributed by atoms with van der Waals surface area (Å²) in [6, 6.07) is 24.7. The van der Waals surface area contributed by atoms with E-state index < -0.39 is 0 Å². The molecule has 0 aliphatic carbocycles. The highest BCUT2D eigenvalue weighted by Gasteiger charge is 2.20. The van der Waals surface area contributed by atoms with Crippen molar-refractivity contribution in [2.75, 3.05) is 30.3 Å². The monoisotopic (exact) mass is 539 g/mol. The molecule has 3 aromatic carbocycles. The molecular weight excluding hydrogens is 502 g/mol. The lowest BCUT2D eigenvalue weighted by Gasteiger charge is -2.23. The fraction of sp³-hybridized carbons (Fsp3) is 0.281. The van der Waals surface area contributed by atoms with Crippen molar-refractivity contribution in [3.8, 4) is 22.7 Å². The molecule has 8 nitrogen and oxygen atoms in total. The summed E-state index contributed by atoms with van der Waals surface area (Å²) in [7, 11) is 0. The van der Waals surface area contributed by atoms with Crippen LogP contribution in [0.25, 0.3) is 16.9 Å². The molecule has 0 atom stereocenters. The summed E-state index contributed by atoms with van der Waals surface area (Å²) in [5, 5.41) is 10.7. The molecule has 4 aromatic rings. The largest absolute Gasteiger partial charge is 0.494 e. The molecule has 0 aliphatic rings. The van der Waals surface area contributed by atoms with E-state index in [-0.39, 0.29) is 18.5 Å². The third-order valence-electron chi connectivity index (χ3n) is 6.45. The lowest BCUT2D eigenvalue weighted by molar-refractivity contribution is -0.116. The summed E-state index contributed by atoms with van der Waals surface area (Å²) in [4.78, 5) is 28.0. The lowest BCUT2D eigenvalue weighted by atomic mass is 10.1. The number of rotatable bonds is 11. The second-order valence-corrected chi connectivity index (χ2v) is 9.69. The maximum Gasteiger partial charge on any atom is 0.322 e. The number of benzene rings is 3. The van der Waals surface area contributed by atoms with Gasteiger partial charge < -0.3 is 20.3 Å². The van der Waals surface area contributed by atoms with E-state index in [0.29, 0.717) is 24.7 Å². The fourth-order valence-corrected chi connectivity index (χ4v) is 4.41. The van der Waals surface area contributed by atoms with Crippen LogP contribution in [-0.4, -0.2) is 46.3 Å². The number of hydrogen-bond donors (Lipinski definition) is 2. The second kappa shape index (κ2) is 13.5. The normalized spacial score (nSPS) is 10.7. The Morgan fingerprint density at radius 2 is 1.68 bits per heavy atom. The number of carbonyl (C=O) groups is 2. The van der Waals surface area contributed by atoms with Crippen LogP contribution < -0.4 is 15.4 Å². The second-order valence-electron chi connectivity index (χ2n) is 9.69. The third-order valence-corrected chi connectivity index (χ3v) is 6.45. The average molecular weight is 540 g/mol. The summed E-state index contributed by atoms with van der Waals surface area (Å²) in [5.74, 6) is 0.972. The molecule has 1 heterocycles. The van der Waals surface area contributed by atoms with E-state index in [1.807, 2.05) is 69.3 Å². The Morgan fingerprint density at radius 3 is 2.35 bits per heavy atom. The minimum atomic E-state index is -0.333. The number of aromatic nitrogens is 2. The Bertz CT molecular complexity index is 1430. The van der Waals surface area contributed by atoms with Gasteiger partial charge in [0.15, 0.2) is 0 Å². The Kier molecular flexibility index (Phi) is 9.57. The van der Waals surface area contributed by atoms with Gasteiger partial charge in [-0.15, -0.1) is 0 Å². The number of nitrogens with one attached hydrogen (secondary N) is 2. The van der Waals surface area contributed by atoms with E-state index in [1.165, 1.54) is 4.90 Å². The van der Waals surface area contributed by atoms with Crippen LogP contribution in [0.5, 0.6) is 5.75 Å². The Balaban J connectivity index is 1.55. The molecule has 208 valence electrons. The van der Waals surface area contributed by atoms with E-state index in [4.69, 9.17) is 9.84 Å². The molecule has 0 saturated carbocycles. The maximum atomic E-state index is 13.3. The van der Waals surface area contributed by atoms with Crippen LogP contribution in [0.3, 0.4) is 0 Å². The fourth-order valence-electron chi connectivity index (χ4n) is 4.41. The van der Waals surface area contributed by atoms with Crippen molar-refractivity contribution in [1.29, 1.82) is 0 Å². The van der Waals surface area contributed by atoms with Crippen molar-refractivity contribution in [1.82, 2.24) is 14.7 Å². The molecule has 40 heavy (non-hydrogen) atoms. The van der Waals surface area contributed by atoms with Gasteiger partial charge in [-0.3, -0.25) is 4.79 Å². The predicted molar refractivity (Wildman–Crippen MR) is 160 cm³/mol. The Morgan fingerprint density at radius 1 is 0.925 bits per heavy atom. The summed E-state index contributed by atoms with van der Waals surface area (Å²) in [6.45, 7) is 8.97. The van der Waals surface area contributed by atoms with Gasteiger partial charge in [0, 0.05) is 23.9 Å². The number of carbonyl (C=O) groups excluding carboxylic acids is 2. The van der Waals surface area contributed by atoms with Gasteiger partial charge in [-0.1, -0.05) is 61.4 Å². The highest BCUT2D eigenvalue weighted by molar-refractivity contribution is 5.97. The molecule has 0 unspecified atom stereocenters. The molecule has 2 N–H and O–H groups in total. The lowest BCUT2D eigenvalue weighted by Crippen LogP contribution is -2.41. The van der Waals surface area contributed by atoms with Crippen LogP contribution in [0.15, 0.2) is 78.9 Å². The van der Waals surface area contributed by atoms with Crippen LogP contribution in [0, 0.1) is 13.8 Å². The molecule has 0 aliphatic heterocycles. The molecule has 4 rings (SSSR count). The van der Waals surface area contributed by atoms with Crippen LogP contribution >= 0.6 is 0 Å². The Labute approximate surface area is 236 Å². The van der Waals surface area contributed by atoms with Gasteiger partial charge in [0.1, 0.15) is 18.1 Å². The average Bonchev–Trinajstić information content (AvgIpc) is 3.35. The first-order valence-corrected chi connectivity index (χ1v) is 13.7. The van der Waals surface area contributed by atoms with Gasteiger partial charge in [0.25, 0.3) is 0 Å². The number of urea groups is 1. The van der Waals surface area contributed by atoms with E-state index in [1.54, 1.807) is 28.9 Å². The van der Waals surface area contributed by atoms with Gasteiger partial charge >= 0.3 is 6.03 Å². The van der Waals surface area contributed by atoms with Gasteiger partial charge in [-0.25, -0.2) is 9.48 Å². The zero-order valence-electron chi connectivity index (χ0n) is 23.6. The summed E-state index contributed by atoms with van der Waals surface area (Å²) in [6.07, 6.45) is 1.68. The first-order valence-electron chi connectivity index (χ1n) is 13.7. The van der Waals surface area contributed by atoms with Crippen molar-refractivity contribution in [3.05, 3.63) is 90.0 Å². The minimum Gasteiger partial charge on any atom is -0.494 e. The summed E-state index contributed by atoms with van der Waals surface area (Å²) >= 11 is 0. The molecule has 0 spiro atoms. The van der Waals surface area contributed by atoms with E-state index in [0.717, 1.165) is 46.7 Å². The number of unbranched alkanes of at least 4 members (excludes halogenated alkanes) is 1. The molecule has 0 fully saturated rings. The predicted octanol–water partition coefficient (Wildman–Crippen LogP) is 6.83. The topological polar surface area (TPSA) is 88.5 Å². The van der Waals surface area contributed by atoms with Crippen LogP contribution in [0.4, 0.5) is 16.3 Å².